The minimum atomic E-state index is -0.826. The van der Waals surface area contributed by atoms with Gasteiger partial charge >= 0.3 is 0 Å². The smallest absolute Gasteiger partial charge is 0.153 e. The van der Waals surface area contributed by atoms with Crippen LogP contribution in [-0.4, -0.2) is 10.1 Å². The van der Waals surface area contributed by atoms with E-state index in [1.54, 1.807) is 6.20 Å². The highest BCUT2D eigenvalue weighted by Crippen LogP contribution is 2.29. The molecule has 0 aliphatic carbocycles. The van der Waals surface area contributed by atoms with E-state index in [0.717, 1.165) is 22.1 Å². The number of hydrogen-bond acceptors (Lipinski definition) is 3. The fourth-order valence-electron chi connectivity index (χ4n) is 2.15. The number of aliphatic hydroxyl groups excluding tert-OH is 1. The van der Waals surface area contributed by atoms with Crippen LogP contribution in [0.15, 0.2) is 47.0 Å². The molecule has 0 amide bonds. The van der Waals surface area contributed by atoms with Crippen LogP contribution in [0.4, 0.5) is 0 Å². The number of benzene rings is 1. The maximum Gasteiger partial charge on any atom is 0.153 e. The molecule has 0 bridgehead atoms. The summed E-state index contributed by atoms with van der Waals surface area (Å²) in [6.07, 6.45) is 0.916. The highest BCUT2D eigenvalue weighted by molar-refractivity contribution is 5.81. The van der Waals surface area contributed by atoms with Gasteiger partial charge in [0.05, 0.1) is 5.69 Å². The first kappa shape index (κ1) is 11.9. The largest absolute Gasteiger partial charge is 0.458 e. The van der Waals surface area contributed by atoms with E-state index in [0.29, 0.717) is 11.5 Å². The summed E-state index contributed by atoms with van der Waals surface area (Å²) in [5.41, 5.74) is 3.55. The molecule has 0 fully saturated rings. The van der Waals surface area contributed by atoms with Gasteiger partial charge in [-0.15, -0.1) is 0 Å². The summed E-state index contributed by atoms with van der Waals surface area (Å²) < 4.78 is 5.76. The number of rotatable bonds is 2. The van der Waals surface area contributed by atoms with Crippen molar-refractivity contribution in [3.63, 3.8) is 0 Å². The summed E-state index contributed by atoms with van der Waals surface area (Å²) in [6.45, 7) is 3.96. The summed E-state index contributed by atoms with van der Waals surface area (Å²) in [7, 11) is 0. The van der Waals surface area contributed by atoms with E-state index < -0.39 is 6.10 Å². The van der Waals surface area contributed by atoms with Gasteiger partial charge in [-0.25, -0.2) is 0 Å². The van der Waals surface area contributed by atoms with E-state index in [1.165, 1.54) is 0 Å². The fraction of sp³-hybridized carbons (Fsp3) is 0.188. The molecule has 3 nitrogen and oxygen atoms in total. The average Bonchev–Trinajstić information content (AvgIpc) is 2.84. The van der Waals surface area contributed by atoms with Crippen molar-refractivity contribution in [3.8, 4) is 0 Å². The molecule has 1 unspecified atom stereocenters. The molecule has 19 heavy (non-hydrogen) atoms. The van der Waals surface area contributed by atoms with E-state index in [9.17, 15) is 5.11 Å². The van der Waals surface area contributed by atoms with Crippen LogP contribution in [0, 0.1) is 13.8 Å². The normalized spacial score (nSPS) is 12.8. The number of aromatic nitrogens is 1. The average molecular weight is 253 g/mol. The maximum atomic E-state index is 10.3. The number of para-hydroxylation sites is 1. The lowest BCUT2D eigenvalue weighted by molar-refractivity contribution is 0.187. The molecule has 2 heterocycles. The van der Waals surface area contributed by atoms with Crippen LogP contribution in [0.2, 0.25) is 0 Å². The molecule has 1 aromatic carbocycles. The molecule has 0 aliphatic rings. The first-order chi connectivity index (χ1) is 9.15. The summed E-state index contributed by atoms with van der Waals surface area (Å²) in [6, 6.07) is 11.6. The van der Waals surface area contributed by atoms with Crippen molar-refractivity contribution in [3.05, 3.63) is 65.2 Å². The van der Waals surface area contributed by atoms with E-state index >= 15 is 0 Å². The van der Waals surface area contributed by atoms with Gasteiger partial charge in [0.2, 0.25) is 0 Å². The van der Waals surface area contributed by atoms with Gasteiger partial charge in [0, 0.05) is 11.6 Å². The molecule has 0 aliphatic heterocycles. The first-order valence-corrected chi connectivity index (χ1v) is 6.25. The standard InChI is InChI=1S/C16H15NO2/c1-10-6-7-13(17-9-10)15(18)14-8-12-5-3-4-11(2)16(12)19-14/h3-9,15,18H,1-2H3. The molecule has 1 N–H and O–H groups in total. The van der Waals surface area contributed by atoms with Gasteiger partial charge < -0.3 is 9.52 Å². The quantitative estimate of drug-likeness (QED) is 0.760. The van der Waals surface area contributed by atoms with Crippen molar-refractivity contribution in [2.45, 2.75) is 20.0 Å². The molecule has 0 radical (unpaired) electrons. The van der Waals surface area contributed by atoms with Crippen LogP contribution < -0.4 is 0 Å². The van der Waals surface area contributed by atoms with Crippen LogP contribution in [0.25, 0.3) is 11.0 Å². The zero-order chi connectivity index (χ0) is 13.4. The number of hydrogen-bond donors (Lipinski definition) is 1. The third-order valence-corrected chi connectivity index (χ3v) is 3.24. The highest BCUT2D eigenvalue weighted by atomic mass is 16.4. The summed E-state index contributed by atoms with van der Waals surface area (Å²) >= 11 is 0. The van der Waals surface area contributed by atoms with E-state index in [-0.39, 0.29) is 0 Å². The lowest BCUT2D eigenvalue weighted by Crippen LogP contribution is -2.00. The van der Waals surface area contributed by atoms with Crippen molar-refractivity contribution >= 4 is 11.0 Å². The third kappa shape index (κ3) is 2.13. The summed E-state index contributed by atoms with van der Waals surface area (Å²) in [5, 5.41) is 11.3. The molecule has 0 saturated carbocycles. The van der Waals surface area contributed by atoms with Crippen molar-refractivity contribution in [2.75, 3.05) is 0 Å². The van der Waals surface area contributed by atoms with E-state index in [2.05, 4.69) is 4.98 Å². The lowest BCUT2D eigenvalue weighted by atomic mass is 10.1. The molecule has 0 spiro atoms. The molecule has 96 valence electrons. The van der Waals surface area contributed by atoms with E-state index in [1.807, 2.05) is 50.2 Å². The molecular formula is C16H15NO2. The van der Waals surface area contributed by atoms with Crippen LogP contribution in [-0.2, 0) is 0 Å². The minimum absolute atomic E-state index is 0.528. The number of furan rings is 1. The Balaban J connectivity index is 2.04. The van der Waals surface area contributed by atoms with Gasteiger partial charge in [0.25, 0.3) is 0 Å². The van der Waals surface area contributed by atoms with E-state index in [4.69, 9.17) is 4.42 Å². The fourth-order valence-corrected chi connectivity index (χ4v) is 2.15. The monoisotopic (exact) mass is 253 g/mol. The Morgan fingerprint density at radius 1 is 1.16 bits per heavy atom. The third-order valence-electron chi connectivity index (χ3n) is 3.24. The number of aryl methyl sites for hydroxylation is 2. The van der Waals surface area contributed by atoms with Gasteiger partial charge in [-0.1, -0.05) is 24.3 Å². The van der Waals surface area contributed by atoms with Gasteiger partial charge in [0.15, 0.2) is 6.10 Å². The Kier molecular flexibility index (Phi) is 2.84. The molecule has 1 atom stereocenters. The number of aliphatic hydroxyl groups is 1. The molecule has 2 aromatic heterocycles. The zero-order valence-corrected chi connectivity index (χ0v) is 10.9. The SMILES string of the molecule is Cc1ccc(C(O)c2cc3cccc(C)c3o2)nc1. The predicted octanol–water partition coefficient (Wildman–Crippen LogP) is 3.53. The summed E-state index contributed by atoms with van der Waals surface area (Å²) in [4.78, 5) is 4.24. The second-order valence-electron chi connectivity index (χ2n) is 4.80. The van der Waals surface area contributed by atoms with Gasteiger partial charge in [-0.2, -0.15) is 0 Å². The van der Waals surface area contributed by atoms with Crippen molar-refractivity contribution in [1.29, 1.82) is 0 Å². The maximum absolute atomic E-state index is 10.3. The lowest BCUT2D eigenvalue weighted by Gasteiger charge is -2.06. The van der Waals surface area contributed by atoms with Crippen LogP contribution >= 0.6 is 0 Å². The number of pyridine rings is 1. The van der Waals surface area contributed by atoms with Crippen LogP contribution in [0.3, 0.4) is 0 Å². The Labute approximate surface area is 111 Å². The van der Waals surface area contributed by atoms with Crippen molar-refractivity contribution in [2.24, 2.45) is 0 Å². The molecule has 3 heteroatoms. The number of fused-ring (bicyclic) bond motifs is 1. The first-order valence-electron chi connectivity index (χ1n) is 6.25. The zero-order valence-electron chi connectivity index (χ0n) is 10.9. The Morgan fingerprint density at radius 3 is 2.68 bits per heavy atom. The Hall–Kier alpha value is -2.13. The van der Waals surface area contributed by atoms with Crippen LogP contribution in [0.1, 0.15) is 28.7 Å². The Morgan fingerprint density at radius 2 is 2.00 bits per heavy atom. The second-order valence-corrected chi connectivity index (χ2v) is 4.80. The molecule has 3 aromatic rings. The topological polar surface area (TPSA) is 46.3 Å². The molecule has 3 rings (SSSR count). The Bertz CT molecular complexity index is 713. The van der Waals surface area contributed by atoms with Crippen LogP contribution in [0.5, 0.6) is 0 Å². The van der Waals surface area contributed by atoms with Gasteiger partial charge in [-0.05, 0) is 37.1 Å². The van der Waals surface area contributed by atoms with Gasteiger partial charge in [0.1, 0.15) is 11.3 Å². The highest BCUT2D eigenvalue weighted by Gasteiger charge is 2.17. The minimum Gasteiger partial charge on any atom is -0.458 e. The summed E-state index contributed by atoms with van der Waals surface area (Å²) in [5.74, 6) is 0.528. The second kappa shape index (κ2) is 4.52. The molecule has 0 saturated heterocycles. The van der Waals surface area contributed by atoms with Crippen molar-refractivity contribution in [1.82, 2.24) is 4.98 Å². The van der Waals surface area contributed by atoms with Crippen molar-refractivity contribution < 1.29 is 9.52 Å². The molecular weight excluding hydrogens is 238 g/mol. The predicted molar refractivity (Wildman–Crippen MR) is 74.0 cm³/mol. The number of nitrogens with zero attached hydrogens (tertiary/aromatic N) is 1. The van der Waals surface area contributed by atoms with Gasteiger partial charge in [-0.3, -0.25) is 4.98 Å².